The fourth-order valence-corrected chi connectivity index (χ4v) is 4.76. The molecular weight excluding hydrogens is 446 g/mol. The molecular formula is C26H35N5O4. The van der Waals surface area contributed by atoms with Crippen LogP contribution in [0.15, 0.2) is 36.4 Å². The summed E-state index contributed by atoms with van der Waals surface area (Å²) in [5.41, 5.74) is 4.23. The Morgan fingerprint density at radius 3 is 2.37 bits per heavy atom. The molecule has 0 spiro atoms. The van der Waals surface area contributed by atoms with Crippen LogP contribution in [0, 0.1) is 0 Å². The van der Waals surface area contributed by atoms with Gasteiger partial charge in [0.2, 0.25) is 0 Å². The topological polar surface area (TPSA) is 86.4 Å². The molecule has 2 aromatic rings. The van der Waals surface area contributed by atoms with Crippen molar-refractivity contribution in [2.75, 3.05) is 77.8 Å². The van der Waals surface area contributed by atoms with Crippen LogP contribution in [0.2, 0.25) is 0 Å². The fourth-order valence-electron chi connectivity index (χ4n) is 4.76. The number of amides is 2. The third-order valence-corrected chi connectivity index (χ3v) is 6.90. The number of carbonyl (C=O) groups excluding carboxylic acids is 2. The molecule has 1 saturated heterocycles. The lowest BCUT2D eigenvalue weighted by Gasteiger charge is -2.38. The van der Waals surface area contributed by atoms with Gasteiger partial charge in [-0.25, -0.2) is 0 Å². The van der Waals surface area contributed by atoms with Crippen LogP contribution in [-0.2, 0) is 16.0 Å². The van der Waals surface area contributed by atoms with Crippen LogP contribution in [0.3, 0.4) is 0 Å². The maximum absolute atomic E-state index is 12.7. The first-order valence-corrected chi connectivity index (χ1v) is 12.0. The van der Waals surface area contributed by atoms with E-state index in [1.54, 1.807) is 25.3 Å². The van der Waals surface area contributed by atoms with E-state index in [2.05, 4.69) is 57.6 Å². The Hall–Kier alpha value is -3.30. The zero-order valence-electron chi connectivity index (χ0n) is 21.0. The van der Waals surface area contributed by atoms with Gasteiger partial charge in [0.15, 0.2) is 11.5 Å². The van der Waals surface area contributed by atoms with Gasteiger partial charge in [0.05, 0.1) is 20.3 Å². The van der Waals surface area contributed by atoms with E-state index in [1.165, 1.54) is 23.9 Å². The number of carbonyl (C=O) groups is 2. The molecule has 0 radical (unpaired) electrons. The van der Waals surface area contributed by atoms with Gasteiger partial charge in [0.1, 0.15) is 0 Å². The van der Waals surface area contributed by atoms with Gasteiger partial charge in [-0.15, -0.1) is 0 Å². The van der Waals surface area contributed by atoms with Crippen LogP contribution in [0.4, 0.5) is 11.4 Å². The predicted molar refractivity (Wildman–Crippen MR) is 136 cm³/mol. The smallest absolute Gasteiger partial charge is 0.313 e. The molecule has 2 aliphatic rings. The lowest BCUT2D eigenvalue weighted by molar-refractivity contribution is -0.136. The lowest BCUT2D eigenvalue weighted by atomic mass is 10.00. The molecule has 1 fully saturated rings. The van der Waals surface area contributed by atoms with Crippen LogP contribution in [0.5, 0.6) is 11.5 Å². The molecule has 2 aromatic carbocycles. The molecule has 2 N–H and O–H groups in total. The van der Waals surface area contributed by atoms with Crippen molar-refractivity contribution in [2.45, 2.75) is 12.5 Å². The summed E-state index contributed by atoms with van der Waals surface area (Å²) in [7, 11) is 7.30. The Morgan fingerprint density at radius 1 is 0.914 bits per heavy atom. The molecule has 0 saturated carbocycles. The van der Waals surface area contributed by atoms with Gasteiger partial charge < -0.3 is 29.9 Å². The average Bonchev–Trinajstić information content (AvgIpc) is 3.24. The predicted octanol–water partition coefficient (Wildman–Crippen LogP) is 1.74. The largest absolute Gasteiger partial charge is 0.493 e. The van der Waals surface area contributed by atoms with E-state index < -0.39 is 11.8 Å². The van der Waals surface area contributed by atoms with E-state index in [-0.39, 0.29) is 6.04 Å². The molecule has 188 valence electrons. The Kier molecular flexibility index (Phi) is 7.77. The standard InChI is InChI=1S/C26H35N5O4/c1-29-11-13-31(14-12-29)22(18-5-7-21-19(15-18)9-10-30(21)2)17-27-25(32)26(33)28-20-6-8-23(34-3)24(16-20)35-4/h5-8,15-16,22H,9-14,17H2,1-4H3,(H,27,32)(H,28,33). The Morgan fingerprint density at radius 2 is 1.66 bits per heavy atom. The number of fused-ring (bicyclic) bond motifs is 1. The lowest BCUT2D eigenvalue weighted by Crippen LogP contribution is -2.49. The molecule has 0 aromatic heterocycles. The molecule has 0 aliphatic carbocycles. The summed E-state index contributed by atoms with van der Waals surface area (Å²) >= 11 is 0. The highest BCUT2D eigenvalue weighted by Crippen LogP contribution is 2.32. The third-order valence-electron chi connectivity index (χ3n) is 6.90. The van der Waals surface area contributed by atoms with Crippen LogP contribution < -0.4 is 25.0 Å². The molecule has 2 aliphatic heterocycles. The van der Waals surface area contributed by atoms with Gasteiger partial charge in [-0.2, -0.15) is 0 Å². The highest BCUT2D eigenvalue weighted by molar-refractivity contribution is 6.39. The van der Waals surface area contributed by atoms with Crippen molar-refractivity contribution < 1.29 is 19.1 Å². The normalized spacial score (nSPS) is 17.0. The number of benzene rings is 2. The summed E-state index contributed by atoms with van der Waals surface area (Å²) in [5, 5.41) is 5.51. The number of piperazine rings is 1. The monoisotopic (exact) mass is 481 g/mol. The molecule has 1 unspecified atom stereocenters. The first-order chi connectivity index (χ1) is 16.9. The summed E-state index contributed by atoms with van der Waals surface area (Å²) < 4.78 is 10.5. The number of nitrogens with zero attached hydrogens (tertiary/aromatic N) is 3. The zero-order chi connectivity index (χ0) is 24.9. The van der Waals surface area contributed by atoms with Crippen LogP contribution >= 0.6 is 0 Å². The Labute approximate surface area is 207 Å². The maximum Gasteiger partial charge on any atom is 0.313 e. The van der Waals surface area contributed by atoms with Crippen molar-refractivity contribution in [3.05, 3.63) is 47.5 Å². The number of rotatable bonds is 7. The van der Waals surface area contributed by atoms with Crippen molar-refractivity contribution in [3.63, 3.8) is 0 Å². The van der Waals surface area contributed by atoms with E-state index >= 15 is 0 Å². The number of methoxy groups -OCH3 is 2. The highest BCUT2D eigenvalue weighted by atomic mass is 16.5. The van der Waals surface area contributed by atoms with E-state index in [1.807, 2.05) is 0 Å². The number of likely N-dealkylation sites (N-methyl/N-ethyl adjacent to an activating group) is 2. The molecule has 0 bridgehead atoms. The zero-order valence-corrected chi connectivity index (χ0v) is 21.0. The molecule has 4 rings (SSSR count). The number of hydrogen-bond donors (Lipinski definition) is 2. The summed E-state index contributed by atoms with van der Waals surface area (Å²) in [6.45, 7) is 5.13. The first-order valence-electron chi connectivity index (χ1n) is 12.0. The summed E-state index contributed by atoms with van der Waals surface area (Å²) in [6.07, 6.45) is 1.02. The number of ether oxygens (including phenoxy) is 2. The number of anilines is 2. The van der Waals surface area contributed by atoms with Crippen molar-refractivity contribution in [1.29, 1.82) is 0 Å². The van der Waals surface area contributed by atoms with Gasteiger partial charge in [-0.3, -0.25) is 14.5 Å². The van der Waals surface area contributed by atoms with E-state index in [0.717, 1.165) is 39.1 Å². The molecule has 35 heavy (non-hydrogen) atoms. The van der Waals surface area contributed by atoms with E-state index in [9.17, 15) is 9.59 Å². The van der Waals surface area contributed by atoms with E-state index in [0.29, 0.717) is 23.7 Å². The minimum absolute atomic E-state index is 0.00210. The second-order valence-corrected chi connectivity index (χ2v) is 9.15. The SMILES string of the molecule is COc1ccc(NC(=O)C(=O)NCC(c2ccc3c(c2)CCN3C)N2CCN(C)CC2)cc1OC. The van der Waals surface area contributed by atoms with Gasteiger partial charge in [-0.05, 0) is 42.8 Å². The fraction of sp³-hybridized carbons (Fsp3) is 0.462. The van der Waals surface area contributed by atoms with Gasteiger partial charge in [0, 0.05) is 63.8 Å². The Bertz CT molecular complexity index is 1070. The van der Waals surface area contributed by atoms with Gasteiger partial charge >= 0.3 is 11.8 Å². The summed E-state index contributed by atoms with van der Waals surface area (Å²) in [5.74, 6) is -0.363. The van der Waals surface area contributed by atoms with E-state index in [4.69, 9.17) is 9.47 Å². The Balaban J connectivity index is 1.44. The molecule has 9 nitrogen and oxygen atoms in total. The average molecular weight is 482 g/mol. The molecule has 2 heterocycles. The molecule has 1 atom stereocenters. The van der Waals surface area contributed by atoms with Crippen LogP contribution in [0.25, 0.3) is 0 Å². The van der Waals surface area contributed by atoms with Gasteiger partial charge in [-0.1, -0.05) is 12.1 Å². The third kappa shape index (κ3) is 5.68. The van der Waals surface area contributed by atoms with Crippen LogP contribution in [0.1, 0.15) is 17.2 Å². The van der Waals surface area contributed by atoms with Crippen molar-refractivity contribution in [1.82, 2.24) is 15.1 Å². The van der Waals surface area contributed by atoms with Crippen molar-refractivity contribution >= 4 is 23.2 Å². The number of nitrogens with one attached hydrogen (secondary N) is 2. The minimum atomic E-state index is -0.718. The second kappa shape index (κ2) is 11.0. The quantitative estimate of drug-likeness (QED) is 0.583. The van der Waals surface area contributed by atoms with Crippen molar-refractivity contribution in [2.24, 2.45) is 0 Å². The number of hydrogen-bond acceptors (Lipinski definition) is 7. The van der Waals surface area contributed by atoms with Crippen molar-refractivity contribution in [3.8, 4) is 11.5 Å². The maximum atomic E-state index is 12.7. The first kappa shape index (κ1) is 24.8. The minimum Gasteiger partial charge on any atom is -0.493 e. The van der Waals surface area contributed by atoms with Crippen LogP contribution in [-0.4, -0.2) is 89.2 Å². The summed E-state index contributed by atoms with van der Waals surface area (Å²) in [6, 6.07) is 11.6. The second-order valence-electron chi connectivity index (χ2n) is 9.15. The molecule has 2 amide bonds. The van der Waals surface area contributed by atoms with Gasteiger partial charge in [0.25, 0.3) is 0 Å². The highest BCUT2D eigenvalue weighted by Gasteiger charge is 2.27. The summed E-state index contributed by atoms with van der Waals surface area (Å²) in [4.78, 5) is 32.3. The molecule has 9 heteroatoms.